The van der Waals surface area contributed by atoms with Gasteiger partial charge in [0.15, 0.2) is 0 Å². The molecule has 2 aromatic carbocycles. The van der Waals surface area contributed by atoms with Crippen LogP contribution in [0.3, 0.4) is 0 Å². The Labute approximate surface area is 121 Å². The first kappa shape index (κ1) is 14.6. The van der Waals surface area contributed by atoms with Crippen LogP contribution in [0.5, 0.6) is 11.5 Å². The molecule has 0 aromatic heterocycles. The molecule has 0 aliphatic heterocycles. The molecule has 0 amide bonds. The highest BCUT2D eigenvalue weighted by atomic mass is 35.5. The number of hydrogen-bond acceptors (Lipinski definition) is 3. The van der Waals surface area contributed by atoms with Crippen LogP contribution in [0, 0.1) is 5.82 Å². The van der Waals surface area contributed by atoms with Gasteiger partial charge in [0.05, 0.1) is 13.7 Å². The second kappa shape index (κ2) is 6.59. The first-order valence-electron chi connectivity index (χ1n) is 5.98. The average molecular weight is 297 g/mol. The minimum atomic E-state index is -0.386. The van der Waals surface area contributed by atoms with Crippen molar-refractivity contribution in [3.8, 4) is 11.5 Å². The second-order valence-electron chi connectivity index (χ2n) is 4.16. The molecule has 2 rings (SSSR count). The molecule has 5 heteroatoms. The van der Waals surface area contributed by atoms with Crippen LogP contribution in [0.4, 0.5) is 4.39 Å². The molecule has 0 heterocycles. The highest BCUT2D eigenvalue weighted by Gasteiger charge is 2.08. The predicted octanol–water partition coefficient (Wildman–Crippen LogP) is 3.56. The summed E-state index contributed by atoms with van der Waals surface area (Å²) in [5.74, 6) is 0.665. The lowest BCUT2D eigenvalue weighted by Gasteiger charge is -2.12. The summed E-state index contributed by atoms with van der Waals surface area (Å²) in [4.78, 5) is 0. The van der Waals surface area contributed by atoms with Gasteiger partial charge in [-0.25, -0.2) is 4.39 Å². The van der Waals surface area contributed by atoms with Crippen molar-refractivity contribution < 1.29 is 19.0 Å². The molecule has 0 aliphatic carbocycles. The van der Waals surface area contributed by atoms with Gasteiger partial charge in [-0.3, -0.25) is 0 Å². The Bertz CT molecular complexity index is 602. The zero-order chi connectivity index (χ0) is 14.5. The van der Waals surface area contributed by atoms with E-state index in [4.69, 9.17) is 21.1 Å². The third kappa shape index (κ3) is 3.40. The lowest BCUT2D eigenvalue weighted by Crippen LogP contribution is -2.01. The Hall–Kier alpha value is -1.78. The summed E-state index contributed by atoms with van der Waals surface area (Å²) < 4.78 is 24.2. The molecule has 0 unspecified atom stereocenters. The molecule has 0 saturated heterocycles. The Morgan fingerprint density at radius 3 is 2.65 bits per heavy atom. The molecule has 1 N–H and O–H groups in total. The molecular weight excluding hydrogens is 283 g/mol. The van der Waals surface area contributed by atoms with Crippen molar-refractivity contribution in [1.29, 1.82) is 0 Å². The van der Waals surface area contributed by atoms with E-state index in [2.05, 4.69) is 0 Å². The normalized spacial score (nSPS) is 10.4. The lowest BCUT2D eigenvalue weighted by molar-refractivity contribution is 0.256. The van der Waals surface area contributed by atoms with Gasteiger partial charge in [0, 0.05) is 22.2 Å². The van der Waals surface area contributed by atoms with Crippen molar-refractivity contribution >= 4 is 11.6 Å². The smallest absolute Gasteiger partial charge is 0.129 e. The van der Waals surface area contributed by atoms with Crippen molar-refractivity contribution in [3.05, 3.63) is 58.4 Å². The van der Waals surface area contributed by atoms with E-state index in [9.17, 15) is 9.50 Å². The van der Waals surface area contributed by atoms with E-state index >= 15 is 0 Å². The van der Waals surface area contributed by atoms with Gasteiger partial charge in [-0.1, -0.05) is 11.6 Å². The molecular formula is C15H14ClFO3. The number of ether oxygens (including phenoxy) is 2. The fourth-order valence-corrected chi connectivity index (χ4v) is 1.93. The van der Waals surface area contributed by atoms with Crippen molar-refractivity contribution in [1.82, 2.24) is 0 Å². The summed E-state index contributed by atoms with van der Waals surface area (Å²) >= 11 is 5.82. The van der Waals surface area contributed by atoms with Gasteiger partial charge in [0.1, 0.15) is 23.9 Å². The largest absolute Gasteiger partial charge is 0.497 e. The highest BCUT2D eigenvalue weighted by molar-refractivity contribution is 6.30. The van der Waals surface area contributed by atoms with E-state index < -0.39 is 0 Å². The molecule has 0 saturated carbocycles. The van der Waals surface area contributed by atoms with Crippen LogP contribution < -0.4 is 9.47 Å². The summed E-state index contributed by atoms with van der Waals surface area (Å²) in [5.41, 5.74) is 0.956. The van der Waals surface area contributed by atoms with E-state index in [1.165, 1.54) is 25.3 Å². The van der Waals surface area contributed by atoms with Crippen LogP contribution in [0.2, 0.25) is 5.02 Å². The van der Waals surface area contributed by atoms with Crippen LogP contribution in [-0.4, -0.2) is 12.2 Å². The minimum Gasteiger partial charge on any atom is -0.497 e. The fraction of sp³-hybridized carbons (Fsp3) is 0.200. The Kier molecular flexibility index (Phi) is 4.82. The second-order valence-corrected chi connectivity index (χ2v) is 4.59. The first-order valence-corrected chi connectivity index (χ1v) is 6.36. The quantitative estimate of drug-likeness (QED) is 0.917. The van der Waals surface area contributed by atoms with Crippen LogP contribution in [0.15, 0.2) is 36.4 Å². The van der Waals surface area contributed by atoms with Gasteiger partial charge >= 0.3 is 0 Å². The van der Waals surface area contributed by atoms with Crippen LogP contribution in [0.1, 0.15) is 11.1 Å². The average Bonchev–Trinajstić information content (AvgIpc) is 2.47. The number of halogens is 2. The molecule has 2 aromatic rings. The standard InChI is InChI=1S/C15H14ClFO3/c1-19-13-4-2-10(8-18)15(7-13)20-9-11-6-12(16)3-5-14(11)17/h2-7,18H,8-9H2,1H3. The van der Waals surface area contributed by atoms with Crippen molar-refractivity contribution in [3.63, 3.8) is 0 Å². The molecule has 0 radical (unpaired) electrons. The lowest BCUT2D eigenvalue weighted by atomic mass is 10.2. The number of hydrogen-bond donors (Lipinski definition) is 1. The summed E-state index contributed by atoms with van der Waals surface area (Å²) in [7, 11) is 1.54. The Morgan fingerprint density at radius 2 is 1.95 bits per heavy atom. The molecule has 0 spiro atoms. The number of rotatable bonds is 5. The number of benzene rings is 2. The molecule has 3 nitrogen and oxygen atoms in total. The molecule has 0 bridgehead atoms. The van der Waals surface area contributed by atoms with Gasteiger partial charge in [-0.2, -0.15) is 0 Å². The number of aliphatic hydroxyl groups excluding tert-OH is 1. The fourth-order valence-electron chi connectivity index (χ4n) is 1.74. The van der Waals surface area contributed by atoms with Crippen LogP contribution >= 0.6 is 11.6 Å². The number of methoxy groups -OCH3 is 1. The molecule has 0 atom stereocenters. The van der Waals surface area contributed by atoms with E-state index in [0.717, 1.165) is 0 Å². The molecule has 106 valence electrons. The van der Waals surface area contributed by atoms with Crippen molar-refractivity contribution in [2.75, 3.05) is 7.11 Å². The number of aliphatic hydroxyl groups is 1. The monoisotopic (exact) mass is 296 g/mol. The minimum absolute atomic E-state index is 0.0204. The van der Waals surface area contributed by atoms with Gasteiger partial charge in [0.2, 0.25) is 0 Å². The zero-order valence-corrected chi connectivity index (χ0v) is 11.7. The van der Waals surface area contributed by atoms with Gasteiger partial charge in [0.25, 0.3) is 0 Å². The first-order chi connectivity index (χ1) is 9.63. The van der Waals surface area contributed by atoms with Gasteiger partial charge in [-0.15, -0.1) is 0 Å². The predicted molar refractivity (Wildman–Crippen MR) is 74.7 cm³/mol. The highest BCUT2D eigenvalue weighted by Crippen LogP contribution is 2.26. The molecule has 0 aliphatic rings. The summed E-state index contributed by atoms with van der Waals surface area (Å²) in [6.45, 7) is -0.149. The van der Waals surface area contributed by atoms with E-state index in [1.807, 2.05) is 0 Å². The van der Waals surface area contributed by atoms with E-state index in [0.29, 0.717) is 27.6 Å². The van der Waals surface area contributed by atoms with Gasteiger partial charge in [-0.05, 0) is 30.3 Å². The van der Waals surface area contributed by atoms with Crippen LogP contribution in [0.25, 0.3) is 0 Å². The maximum atomic E-state index is 13.6. The topological polar surface area (TPSA) is 38.7 Å². The summed E-state index contributed by atoms with van der Waals surface area (Å²) in [6.07, 6.45) is 0. The Balaban J connectivity index is 2.19. The maximum absolute atomic E-state index is 13.6. The van der Waals surface area contributed by atoms with Crippen LogP contribution in [-0.2, 0) is 13.2 Å². The van der Waals surface area contributed by atoms with Crippen molar-refractivity contribution in [2.45, 2.75) is 13.2 Å². The maximum Gasteiger partial charge on any atom is 0.129 e. The van der Waals surface area contributed by atoms with Gasteiger partial charge < -0.3 is 14.6 Å². The third-order valence-corrected chi connectivity index (χ3v) is 3.07. The summed E-state index contributed by atoms with van der Waals surface area (Å²) in [6, 6.07) is 9.34. The molecule has 20 heavy (non-hydrogen) atoms. The molecule has 0 fully saturated rings. The summed E-state index contributed by atoms with van der Waals surface area (Å²) in [5, 5.41) is 9.70. The zero-order valence-electron chi connectivity index (χ0n) is 10.9. The van der Waals surface area contributed by atoms with Crippen molar-refractivity contribution in [2.24, 2.45) is 0 Å². The van der Waals surface area contributed by atoms with E-state index in [1.54, 1.807) is 18.2 Å². The van der Waals surface area contributed by atoms with E-state index in [-0.39, 0.29) is 19.0 Å². The SMILES string of the molecule is COc1ccc(CO)c(OCc2cc(Cl)ccc2F)c1. The Morgan fingerprint density at radius 1 is 1.15 bits per heavy atom. The third-order valence-electron chi connectivity index (χ3n) is 2.84.